The van der Waals surface area contributed by atoms with Crippen LogP contribution in [0.4, 0.5) is 4.79 Å². The molecule has 1 heterocycles. The van der Waals surface area contributed by atoms with Crippen LogP contribution in [-0.4, -0.2) is 65.9 Å². The smallest absolute Gasteiger partial charge is 0.408 e. The summed E-state index contributed by atoms with van der Waals surface area (Å²) in [5, 5.41) is 12.7. The predicted molar refractivity (Wildman–Crippen MR) is 128 cm³/mol. The number of hydrogen-bond acceptors (Lipinski definition) is 5. The molecule has 2 aliphatic carbocycles. The molecule has 8 heteroatoms. The molecule has 3 aliphatic rings. The van der Waals surface area contributed by atoms with Crippen LogP contribution in [0.25, 0.3) is 11.1 Å². The van der Waals surface area contributed by atoms with Gasteiger partial charge >= 0.3 is 12.1 Å². The number of hydrogen-bond donors (Lipinski definition) is 2. The Hall–Kier alpha value is -3.39. The maximum atomic E-state index is 13.6. The maximum absolute atomic E-state index is 13.6. The summed E-state index contributed by atoms with van der Waals surface area (Å²) in [5.74, 6) is -1.72. The highest BCUT2D eigenvalue weighted by atomic mass is 16.5. The fourth-order valence-corrected chi connectivity index (χ4v) is 5.51. The Bertz CT molecular complexity index is 1120. The van der Waals surface area contributed by atoms with E-state index in [2.05, 4.69) is 17.4 Å². The van der Waals surface area contributed by atoms with Gasteiger partial charge in [-0.3, -0.25) is 4.79 Å². The fraction of sp³-hybridized carbons (Fsp3) is 0.444. The maximum Gasteiger partial charge on any atom is 0.408 e. The first kappa shape index (κ1) is 23.4. The lowest BCUT2D eigenvalue weighted by atomic mass is 9.89. The molecule has 2 aromatic rings. The molecule has 0 bridgehead atoms. The summed E-state index contributed by atoms with van der Waals surface area (Å²) in [6.07, 6.45) is 1.07. The molecule has 2 aromatic carbocycles. The van der Waals surface area contributed by atoms with Crippen molar-refractivity contribution in [3.05, 3.63) is 59.7 Å². The number of aliphatic carboxylic acids is 1. The molecule has 1 saturated heterocycles. The molecule has 2 atom stereocenters. The van der Waals surface area contributed by atoms with Crippen molar-refractivity contribution in [3.8, 4) is 11.1 Å². The van der Waals surface area contributed by atoms with E-state index in [0.717, 1.165) is 35.1 Å². The van der Waals surface area contributed by atoms with Crippen molar-refractivity contribution in [1.82, 2.24) is 10.2 Å². The summed E-state index contributed by atoms with van der Waals surface area (Å²) in [7, 11) is 1.48. The number of ether oxygens (including phenoxy) is 2. The van der Waals surface area contributed by atoms with Crippen LogP contribution in [0.15, 0.2) is 48.5 Å². The summed E-state index contributed by atoms with van der Waals surface area (Å²) in [6.45, 7) is 1.99. The zero-order valence-electron chi connectivity index (χ0n) is 20.0. The minimum absolute atomic E-state index is 0.0732. The Morgan fingerprint density at radius 2 is 1.71 bits per heavy atom. The van der Waals surface area contributed by atoms with Crippen molar-refractivity contribution >= 4 is 18.0 Å². The van der Waals surface area contributed by atoms with Gasteiger partial charge in [-0.2, -0.15) is 0 Å². The third-order valence-electron chi connectivity index (χ3n) is 7.89. The second kappa shape index (κ2) is 8.68. The summed E-state index contributed by atoms with van der Waals surface area (Å²) in [4.78, 5) is 39.9. The van der Waals surface area contributed by atoms with E-state index in [0.29, 0.717) is 0 Å². The van der Waals surface area contributed by atoms with Gasteiger partial charge in [-0.1, -0.05) is 48.5 Å². The molecule has 184 valence electrons. The number of nitrogens with one attached hydrogen (secondary N) is 1. The van der Waals surface area contributed by atoms with Gasteiger partial charge in [0.05, 0.1) is 6.61 Å². The molecule has 0 spiro atoms. The van der Waals surface area contributed by atoms with Gasteiger partial charge in [-0.25, -0.2) is 9.59 Å². The van der Waals surface area contributed by atoms with Crippen LogP contribution in [0.2, 0.25) is 0 Å². The van der Waals surface area contributed by atoms with E-state index in [1.807, 2.05) is 36.4 Å². The zero-order chi connectivity index (χ0) is 24.8. The average Bonchev–Trinajstić information content (AvgIpc) is 3.51. The minimum atomic E-state index is -1.43. The van der Waals surface area contributed by atoms with Crippen molar-refractivity contribution in [2.45, 2.75) is 43.2 Å². The molecule has 8 nitrogen and oxygen atoms in total. The number of carbonyl (C=O) groups excluding carboxylic acids is 2. The number of carboxylic acids is 1. The summed E-state index contributed by atoms with van der Waals surface area (Å²) < 4.78 is 11.0. The van der Waals surface area contributed by atoms with E-state index in [1.165, 1.54) is 11.9 Å². The van der Waals surface area contributed by atoms with E-state index < -0.39 is 29.0 Å². The standard InChI is InChI=1S/C27H30N2O6/c1-26(17-11-12-17,23(30)29(2)27(24(31)32)13-14-34-16-27)28-25(33)35-15-22-20-9-5-3-7-18(20)19-8-4-6-10-21(19)22/h3-10,17,22H,11-16H2,1-2H3,(H,28,33)(H,31,32). The van der Waals surface area contributed by atoms with Gasteiger partial charge in [0.1, 0.15) is 12.1 Å². The van der Waals surface area contributed by atoms with Crippen LogP contribution in [0.3, 0.4) is 0 Å². The van der Waals surface area contributed by atoms with Gasteiger partial charge in [0.25, 0.3) is 0 Å². The summed E-state index contributed by atoms with van der Waals surface area (Å²) in [6, 6.07) is 16.2. The summed E-state index contributed by atoms with van der Waals surface area (Å²) in [5.41, 5.74) is 1.78. The van der Waals surface area contributed by atoms with Crippen molar-refractivity contribution in [3.63, 3.8) is 0 Å². The lowest BCUT2D eigenvalue weighted by molar-refractivity contribution is -0.160. The predicted octanol–water partition coefficient (Wildman–Crippen LogP) is 3.40. The van der Waals surface area contributed by atoms with E-state index in [-0.39, 0.29) is 38.1 Å². The number of benzene rings is 2. The molecule has 0 radical (unpaired) electrons. The molecular weight excluding hydrogens is 448 g/mol. The second-order valence-corrected chi connectivity index (χ2v) is 9.93. The first-order chi connectivity index (χ1) is 16.8. The van der Waals surface area contributed by atoms with Gasteiger partial charge < -0.3 is 24.8 Å². The molecule has 2 unspecified atom stereocenters. The van der Waals surface area contributed by atoms with Crippen LogP contribution in [0, 0.1) is 5.92 Å². The number of carbonyl (C=O) groups is 3. The van der Waals surface area contributed by atoms with Gasteiger partial charge in [0, 0.05) is 26.0 Å². The van der Waals surface area contributed by atoms with Gasteiger partial charge in [-0.05, 0) is 47.9 Å². The number of nitrogens with zero attached hydrogens (tertiary/aromatic N) is 1. The Kier molecular flexibility index (Phi) is 5.79. The highest BCUT2D eigenvalue weighted by Gasteiger charge is 2.56. The highest BCUT2D eigenvalue weighted by molar-refractivity contribution is 5.94. The number of likely N-dealkylation sites (N-methyl/N-ethyl adjacent to an activating group) is 1. The average molecular weight is 479 g/mol. The Labute approximate surface area is 204 Å². The van der Waals surface area contributed by atoms with Crippen LogP contribution in [-0.2, 0) is 19.1 Å². The molecule has 2 amide bonds. The third-order valence-corrected chi connectivity index (χ3v) is 7.89. The Morgan fingerprint density at radius 3 is 2.23 bits per heavy atom. The number of alkyl carbamates (subject to hydrolysis) is 1. The fourth-order valence-electron chi connectivity index (χ4n) is 5.51. The molecule has 2 fully saturated rings. The van der Waals surface area contributed by atoms with Crippen molar-refractivity contribution in [2.24, 2.45) is 5.92 Å². The van der Waals surface area contributed by atoms with Crippen LogP contribution >= 0.6 is 0 Å². The van der Waals surface area contributed by atoms with E-state index in [9.17, 15) is 19.5 Å². The number of rotatable bonds is 7. The van der Waals surface area contributed by atoms with Gasteiger partial charge in [-0.15, -0.1) is 0 Å². The Morgan fingerprint density at radius 1 is 1.11 bits per heavy atom. The minimum Gasteiger partial charge on any atom is -0.479 e. The van der Waals surface area contributed by atoms with Crippen LogP contribution in [0.5, 0.6) is 0 Å². The molecule has 2 N–H and O–H groups in total. The number of fused-ring (bicyclic) bond motifs is 3. The molecule has 1 aliphatic heterocycles. The molecule has 35 heavy (non-hydrogen) atoms. The molecule has 5 rings (SSSR count). The lowest BCUT2D eigenvalue weighted by Gasteiger charge is -2.40. The van der Waals surface area contributed by atoms with E-state index in [4.69, 9.17) is 9.47 Å². The lowest BCUT2D eigenvalue weighted by Crippen LogP contribution is -2.65. The van der Waals surface area contributed by atoms with Crippen LogP contribution in [0.1, 0.15) is 43.2 Å². The van der Waals surface area contributed by atoms with Crippen molar-refractivity contribution < 1.29 is 29.0 Å². The van der Waals surface area contributed by atoms with Crippen LogP contribution < -0.4 is 5.32 Å². The quantitative estimate of drug-likeness (QED) is 0.632. The SMILES string of the molecule is CN(C(=O)C(C)(NC(=O)OCC1c2ccccc2-c2ccccc21)C1CC1)C1(C(=O)O)CCOC1. The van der Waals surface area contributed by atoms with Crippen molar-refractivity contribution in [1.29, 1.82) is 0 Å². The third kappa shape index (κ3) is 3.86. The van der Waals surface area contributed by atoms with E-state index in [1.54, 1.807) is 6.92 Å². The Balaban J connectivity index is 1.31. The molecule has 1 saturated carbocycles. The zero-order valence-corrected chi connectivity index (χ0v) is 20.0. The summed E-state index contributed by atoms with van der Waals surface area (Å²) >= 11 is 0. The molecule has 0 aromatic heterocycles. The second-order valence-electron chi connectivity index (χ2n) is 9.93. The largest absolute Gasteiger partial charge is 0.479 e. The number of amides is 2. The topological polar surface area (TPSA) is 105 Å². The highest BCUT2D eigenvalue weighted by Crippen LogP contribution is 2.45. The monoisotopic (exact) mass is 478 g/mol. The molecular formula is C27H30N2O6. The van der Waals surface area contributed by atoms with Crippen molar-refractivity contribution in [2.75, 3.05) is 26.9 Å². The normalized spacial score (nSPS) is 22.6. The first-order valence-corrected chi connectivity index (χ1v) is 12.0. The first-order valence-electron chi connectivity index (χ1n) is 12.0. The number of carboxylic acid groups (broad SMARTS) is 1. The van der Waals surface area contributed by atoms with Gasteiger partial charge in [0.15, 0.2) is 5.54 Å². The van der Waals surface area contributed by atoms with E-state index >= 15 is 0 Å². The van der Waals surface area contributed by atoms with Gasteiger partial charge in [0.2, 0.25) is 5.91 Å².